The predicted octanol–water partition coefficient (Wildman–Crippen LogP) is 1.90. The quantitative estimate of drug-likeness (QED) is 0.796. The Morgan fingerprint density at radius 2 is 2.05 bits per heavy atom. The summed E-state index contributed by atoms with van der Waals surface area (Å²) >= 11 is 0. The van der Waals surface area contributed by atoms with E-state index >= 15 is 0 Å². The third-order valence-electron chi connectivity index (χ3n) is 3.94. The first-order valence-corrected chi connectivity index (χ1v) is 9.25. The summed E-state index contributed by atoms with van der Waals surface area (Å²) in [5.41, 5.74) is 1.04. The second-order valence-corrected chi connectivity index (χ2v) is 7.84. The molecule has 3 rings (SSSR count). The molecule has 0 saturated heterocycles. The molecule has 0 spiro atoms. The first-order chi connectivity index (χ1) is 10.1. The molecule has 2 saturated carbocycles. The van der Waals surface area contributed by atoms with Gasteiger partial charge in [-0.05, 0) is 43.7 Å². The second kappa shape index (κ2) is 6.02. The molecule has 6 heteroatoms. The van der Waals surface area contributed by atoms with Crippen LogP contribution in [-0.2, 0) is 16.6 Å². The van der Waals surface area contributed by atoms with Gasteiger partial charge < -0.3 is 5.32 Å². The topological polar surface area (TPSA) is 62.3 Å². The lowest BCUT2D eigenvalue weighted by molar-refractivity contribution is 0.401. The summed E-state index contributed by atoms with van der Waals surface area (Å²) in [4.78, 5) is 4.19. The molecule has 21 heavy (non-hydrogen) atoms. The van der Waals surface area contributed by atoms with Crippen LogP contribution in [0.3, 0.4) is 0 Å². The highest BCUT2D eigenvalue weighted by molar-refractivity contribution is 7.89. The number of sulfonamides is 1. The Morgan fingerprint density at radius 1 is 1.29 bits per heavy atom. The molecule has 0 atom stereocenters. The minimum Gasteiger partial charge on any atom is -0.310 e. The van der Waals surface area contributed by atoms with Crippen molar-refractivity contribution in [2.45, 2.75) is 62.7 Å². The minimum absolute atomic E-state index is 0.179. The van der Waals surface area contributed by atoms with Crippen molar-refractivity contribution in [2.24, 2.45) is 0 Å². The molecule has 0 amide bonds. The third-order valence-corrected chi connectivity index (χ3v) is 5.81. The number of nitrogens with one attached hydrogen (secondary N) is 1. The Bertz CT molecular complexity index is 577. The van der Waals surface area contributed by atoms with Crippen LogP contribution in [0.5, 0.6) is 0 Å². The van der Waals surface area contributed by atoms with E-state index in [-0.39, 0.29) is 11.1 Å². The summed E-state index contributed by atoms with van der Waals surface area (Å²) in [5.74, 6) is 0. The number of nitrogens with zero attached hydrogens (tertiary/aromatic N) is 2. The summed E-state index contributed by atoms with van der Waals surface area (Å²) in [5, 5.41) is 3.58. The zero-order valence-corrected chi connectivity index (χ0v) is 13.3. The van der Waals surface area contributed by atoms with Gasteiger partial charge in [-0.1, -0.05) is 13.0 Å². The summed E-state index contributed by atoms with van der Waals surface area (Å²) in [6, 6.07) is 4.34. The molecular formula is C15H23N3O2S. The van der Waals surface area contributed by atoms with Crippen LogP contribution in [0.25, 0.3) is 0 Å². The van der Waals surface area contributed by atoms with Crippen molar-refractivity contribution < 1.29 is 8.42 Å². The molecule has 1 aromatic heterocycles. The van der Waals surface area contributed by atoms with Gasteiger partial charge in [0.15, 0.2) is 5.03 Å². The Hall–Kier alpha value is -0.980. The third kappa shape index (κ3) is 3.62. The maximum absolute atomic E-state index is 12.6. The highest BCUT2D eigenvalue weighted by Gasteiger charge is 2.38. The first-order valence-electron chi connectivity index (χ1n) is 7.81. The molecule has 0 unspecified atom stereocenters. The van der Waals surface area contributed by atoms with Gasteiger partial charge in [0.05, 0.1) is 0 Å². The summed E-state index contributed by atoms with van der Waals surface area (Å²) in [6.45, 7) is 3.35. The largest absolute Gasteiger partial charge is 0.310 e. The van der Waals surface area contributed by atoms with Crippen molar-refractivity contribution in [3.05, 3.63) is 23.9 Å². The Morgan fingerprint density at radius 3 is 2.57 bits per heavy atom. The zero-order valence-electron chi connectivity index (χ0n) is 12.5. The van der Waals surface area contributed by atoms with Gasteiger partial charge in [0.1, 0.15) is 0 Å². The van der Waals surface area contributed by atoms with Crippen LogP contribution in [-0.4, -0.2) is 36.3 Å². The average molecular weight is 309 g/mol. The van der Waals surface area contributed by atoms with Crippen molar-refractivity contribution in [1.29, 1.82) is 0 Å². The van der Waals surface area contributed by atoms with Crippen molar-refractivity contribution >= 4 is 10.0 Å². The van der Waals surface area contributed by atoms with Gasteiger partial charge >= 0.3 is 0 Å². The SMILES string of the molecule is CCCN(C1CC1)S(=O)(=O)c1ccc(CNC2CC2)cn1. The van der Waals surface area contributed by atoms with Gasteiger partial charge in [-0.25, -0.2) is 13.4 Å². The van der Waals surface area contributed by atoms with E-state index in [9.17, 15) is 8.42 Å². The Labute approximate surface area is 126 Å². The number of pyridine rings is 1. The molecule has 2 aliphatic carbocycles. The highest BCUT2D eigenvalue weighted by atomic mass is 32.2. The van der Waals surface area contributed by atoms with E-state index in [1.54, 1.807) is 16.6 Å². The molecule has 2 fully saturated rings. The maximum atomic E-state index is 12.6. The van der Waals surface area contributed by atoms with Crippen LogP contribution in [0.4, 0.5) is 0 Å². The zero-order chi connectivity index (χ0) is 14.9. The predicted molar refractivity (Wildman–Crippen MR) is 81.3 cm³/mol. The van der Waals surface area contributed by atoms with Crippen molar-refractivity contribution in [3.63, 3.8) is 0 Å². The lowest BCUT2D eigenvalue weighted by atomic mass is 10.3. The fraction of sp³-hybridized carbons (Fsp3) is 0.667. The van der Waals surface area contributed by atoms with Crippen LogP contribution in [0.2, 0.25) is 0 Å². The van der Waals surface area contributed by atoms with Gasteiger partial charge in [-0.3, -0.25) is 0 Å². The van der Waals surface area contributed by atoms with Crippen LogP contribution in [0.15, 0.2) is 23.4 Å². The van der Waals surface area contributed by atoms with Crippen molar-refractivity contribution in [3.8, 4) is 0 Å². The Balaban J connectivity index is 1.71. The van der Waals surface area contributed by atoms with E-state index in [4.69, 9.17) is 0 Å². The monoisotopic (exact) mass is 309 g/mol. The van der Waals surface area contributed by atoms with Crippen molar-refractivity contribution in [2.75, 3.05) is 6.54 Å². The molecule has 1 aromatic rings. The summed E-state index contributed by atoms with van der Waals surface area (Å²) < 4.78 is 26.9. The lowest BCUT2D eigenvalue weighted by Gasteiger charge is -2.20. The van der Waals surface area contributed by atoms with Gasteiger partial charge in [0.2, 0.25) is 0 Å². The first kappa shape index (κ1) is 14.9. The van der Waals surface area contributed by atoms with Crippen LogP contribution >= 0.6 is 0 Å². The normalized spacial score (nSPS) is 19.1. The minimum atomic E-state index is -3.43. The van der Waals surface area contributed by atoms with E-state index in [0.29, 0.717) is 12.6 Å². The number of aromatic nitrogens is 1. The van der Waals surface area contributed by atoms with Gasteiger partial charge in [-0.2, -0.15) is 4.31 Å². The van der Waals surface area contributed by atoms with E-state index in [1.807, 2.05) is 13.0 Å². The van der Waals surface area contributed by atoms with Crippen LogP contribution in [0.1, 0.15) is 44.6 Å². The van der Waals surface area contributed by atoms with Gasteiger partial charge in [0, 0.05) is 31.4 Å². The van der Waals surface area contributed by atoms with Crippen LogP contribution in [0, 0.1) is 0 Å². The average Bonchev–Trinajstić information content (AvgIpc) is 3.37. The molecule has 5 nitrogen and oxygen atoms in total. The fourth-order valence-electron chi connectivity index (χ4n) is 2.42. The van der Waals surface area contributed by atoms with E-state index in [1.165, 1.54) is 12.8 Å². The van der Waals surface area contributed by atoms with Crippen LogP contribution < -0.4 is 5.32 Å². The fourth-order valence-corrected chi connectivity index (χ4v) is 4.11. The highest BCUT2D eigenvalue weighted by Crippen LogP contribution is 2.31. The molecule has 0 bridgehead atoms. The molecule has 0 aliphatic heterocycles. The van der Waals surface area contributed by atoms with Gasteiger partial charge in [-0.15, -0.1) is 0 Å². The second-order valence-electron chi connectivity index (χ2n) is 6.01. The molecule has 0 radical (unpaired) electrons. The van der Waals surface area contributed by atoms with E-state index in [0.717, 1.165) is 31.4 Å². The molecule has 1 heterocycles. The number of rotatable bonds is 8. The molecule has 0 aromatic carbocycles. The van der Waals surface area contributed by atoms with E-state index in [2.05, 4.69) is 10.3 Å². The smallest absolute Gasteiger partial charge is 0.260 e. The molecule has 1 N–H and O–H groups in total. The summed E-state index contributed by atoms with van der Waals surface area (Å²) in [7, 11) is -3.43. The lowest BCUT2D eigenvalue weighted by Crippen LogP contribution is -2.34. The van der Waals surface area contributed by atoms with Crippen molar-refractivity contribution in [1.82, 2.24) is 14.6 Å². The van der Waals surface area contributed by atoms with Gasteiger partial charge in [0.25, 0.3) is 10.0 Å². The molecule has 2 aliphatic rings. The number of hydrogen-bond acceptors (Lipinski definition) is 4. The van der Waals surface area contributed by atoms with E-state index < -0.39 is 10.0 Å². The maximum Gasteiger partial charge on any atom is 0.260 e. The molecule has 116 valence electrons. The summed E-state index contributed by atoms with van der Waals surface area (Å²) in [6.07, 6.45) is 6.95. The standard InChI is InChI=1S/C15H23N3O2S/c1-2-9-18(14-6-7-14)21(19,20)15-8-3-12(11-17-15)10-16-13-4-5-13/h3,8,11,13-14,16H,2,4-7,9-10H2,1H3. The Kier molecular flexibility index (Phi) is 4.28. The molecular weight excluding hydrogens is 286 g/mol. The number of hydrogen-bond donors (Lipinski definition) is 1.